The zero-order valence-electron chi connectivity index (χ0n) is 12.1. The SMILES string of the molecule is CC(C)CC(CO)Nc1ccnc2c([N+](=O)[O-])cccc12. The molecular weight excluding hydrogens is 270 g/mol. The number of benzene rings is 1. The Balaban J connectivity index is 2.41. The molecule has 0 radical (unpaired) electrons. The van der Waals surface area contributed by atoms with E-state index >= 15 is 0 Å². The number of fused-ring (bicyclic) bond motifs is 1. The smallest absolute Gasteiger partial charge is 0.295 e. The average molecular weight is 289 g/mol. The summed E-state index contributed by atoms with van der Waals surface area (Å²) in [5, 5.41) is 24.5. The maximum atomic E-state index is 11.1. The number of hydrogen-bond acceptors (Lipinski definition) is 5. The first-order valence-electron chi connectivity index (χ1n) is 6.92. The number of anilines is 1. The number of non-ortho nitro benzene ring substituents is 1. The van der Waals surface area contributed by atoms with E-state index in [0.29, 0.717) is 16.8 Å². The van der Waals surface area contributed by atoms with Crippen LogP contribution >= 0.6 is 0 Å². The summed E-state index contributed by atoms with van der Waals surface area (Å²) < 4.78 is 0. The number of aliphatic hydroxyl groups is 1. The van der Waals surface area contributed by atoms with Crippen LogP contribution in [0.25, 0.3) is 10.9 Å². The number of rotatable bonds is 6. The van der Waals surface area contributed by atoms with Crippen molar-refractivity contribution in [2.24, 2.45) is 5.92 Å². The van der Waals surface area contributed by atoms with Crippen molar-refractivity contribution in [3.05, 3.63) is 40.6 Å². The molecule has 0 aliphatic rings. The summed E-state index contributed by atoms with van der Waals surface area (Å²) in [5.74, 6) is 0.442. The Morgan fingerprint density at radius 3 is 2.76 bits per heavy atom. The van der Waals surface area contributed by atoms with E-state index in [1.54, 1.807) is 24.4 Å². The molecule has 0 saturated heterocycles. The fraction of sp³-hybridized carbons (Fsp3) is 0.400. The number of hydrogen-bond donors (Lipinski definition) is 2. The van der Waals surface area contributed by atoms with E-state index in [0.717, 1.165) is 12.1 Å². The van der Waals surface area contributed by atoms with Crippen LogP contribution in [0.15, 0.2) is 30.5 Å². The number of pyridine rings is 1. The van der Waals surface area contributed by atoms with Gasteiger partial charge in [0.1, 0.15) is 5.52 Å². The molecule has 1 atom stereocenters. The van der Waals surface area contributed by atoms with Gasteiger partial charge in [0.2, 0.25) is 0 Å². The van der Waals surface area contributed by atoms with Crippen LogP contribution in [0.1, 0.15) is 20.3 Å². The molecular formula is C15H19N3O3. The van der Waals surface area contributed by atoms with Gasteiger partial charge in [0.25, 0.3) is 5.69 Å². The third kappa shape index (κ3) is 3.46. The van der Waals surface area contributed by atoms with Crippen LogP contribution in [0, 0.1) is 16.0 Å². The summed E-state index contributed by atoms with van der Waals surface area (Å²) in [5.41, 5.74) is 1.10. The number of nitrogens with zero attached hydrogens (tertiary/aromatic N) is 2. The molecule has 21 heavy (non-hydrogen) atoms. The van der Waals surface area contributed by atoms with Crippen molar-refractivity contribution in [3.8, 4) is 0 Å². The van der Waals surface area contributed by atoms with Gasteiger partial charge in [0.15, 0.2) is 0 Å². The average Bonchev–Trinajstić information content (AvgIpc) is 2.45. The monoisotopic (exact) mass is 289 g/mol. The summed E-state index contributed by atoms with van der Waals surface area (Å²) in [6.07, 6.45) is 2.36. The summed E-state index contributed by atoms with van der Waals surface area (Å²) in [4.78, 5) is 14.7. The van der Waals surface area contributed by atoms with Crippen molar-refractivity contribution in [2.75, 3.05) is 11.9 Å². The Morgan fingerprint density at radius 1 is 1.38 bits per heavy atom. The van der Waals surface area contributed by atoms with Gasteiger partial charge in [-0.2, -0.15) is 0 Å². The fourth-order valence-corrected chi connectivity index (χ4v) is 2.40. The first kappa shape index (κ1) is 15.2. The zero-order chi connectivity index (χ0) is 15.4. The van der Waals surface area contributed by atoms with Crippen molar-refractivity contribution in [1.82, 2.24) is 4.98 Å². The van der Waals surface area contributed by atoms with Gasteiger partial charge in [-0.05, 0) is 18.4 Å². The lowest BCUT2D eigenvalue weighted by Crippen LogP contribution is -2.25. The maximum absolute atomic E-state index is 11.1. The van der Waals surface area contributed by atoms with Crippen LogP contribution in [0.5, 0.6) is 0 Å². The van der Waals surface area contributed by atoms with Gasteiger partial charge in [-0.3, -0.25) is 10.1 Å². The van der Waals surface area contributed by atoms with E-state index in [2.05, 4.69) is 24.1 Å². The topological polar surface area (TPSA) is 88.3 Å². The third-order valence-corrected chi connectivity index (χ3v) is 3.28. The number of aliphatic hydroxyl groups excluding tert-OH is 1. The van der Waals surface area contributed by atoms with Crippen LogP contribution in [0.4, 0.5) is 11.4 Å². The molecule has 0 amide bonds. The Bertz CT molecular complexity index is 643. The lowest BCUT2D eigenvalue weighted by Gasteiger charge is -2.20. The number of aromatic nitrogens is 1. The summed E-state index contributed by atoms with van der Waals surface area (Å²) >= 11 is 0. The third-order valence-electron chi connectivity index (χ3n) is 3.28. The molecule has 6 nitrogen and oxygen atoms in total. The molecule has 1 heterocycles. The number of nitro benzene ring substituents is 1. The van der Waals surface area contributed by atoms with Crippen molar-refractivity contribution in [3.63, 3.8) is 0 Å². The molecule has 112 valence electrons. The summed E-state index contributed by atoms with van der Waals surface area (Å²) in [6.45, 7) is 4.18. The highest BCUT2D eigenvalue weighted by atomic mass is 16.6. The molecule has 0 fully saturated rings. The van der Waals surface area contributed by atoms with E-state index in [1.807, 2.05) is 0 Å². The van der Waals surface area contributed by atoms with Gasteiger partial charge >= 0.3 is 0 Å². The quantitative estimate of drug-likeness (QED) is 0.630. The minimum atomic E-state index is -0.434. The Hall–Kier alpha value is -2.21. The van der Waals surface area contributed by atoms with Crippen molar-refractivity contribution >= 4 is 22.3 Å². The highest BCUT2D eigenvalue weighted by Crippen LogP contribution is 2.29. The standard InChI is InChI=1S/C15H19N3O3/c1-10(2)8-11(9-19)17-13-6-7-16-15-12(13)4-3-5-14(15)18(20)21/h3-7,10-11,19H,8-9H2,1-2H3,(H,16,17). The molecule has 0 aliphatic carbocycles. The Labute approximate surface area is 123 Å². The molecule has 0 saturated carbocycles. The minimum Gasteiger partial charge on any atom is -0.394 e. The predicted molar refractivity (Wildman–Crippen MR) is 82.3 cm³/mol. The summed E-state index contributed by atoms with van der Waals surface area (Å²) in [7, 11) is 0. The maximum Gasteiger partial charge on any atom is 0.295 e. The molecule has 2 N–H and O–H groups in total. The van der Waals surface area contributed by atoms with E-state index in [-0.39, 0.29) is 18.3 Å². The number of para-hydroxylation sites is 1. The zero-order valence-corrected chi connectivity index (χ0v) is 12.1. The van der Waals surface area contributed by atoms with Gasteiger partial charge in [-0.15, -0.1) is 0 Å². The van der Waals surface area contributed by atoms with Gasteiger partial charge in [0, 0.05) is 29.4 Å². The molecule has 2 aromatic rings. The van der Waals surface area contributed by atoms with E-state index in [1.165, 1.54) is 6.07 Å². The molecule has 1 aromatic carbocycles. The van der Waals surface area contributed by atoms with E-state index in [4.69, 9.17) is 0 Å². The number of nitro groups is 1. The van der Waals surface area contributed by atoms with Gasteiger partial charge in [0.05, 0.1) is 11.5 Å². The van der Waals surface area contributed by atoms with E-state index < -0.39 is 4.92 Å². The second-order valence-electron chi connectivity index (χ2n) is 5.44. The highest BCUT2D eigenvalue weighted by Gasteiger charge is 2.16. The number of nitrogens with one attached hydrogen (secondary N) is 1. The fourth-order valence-electron chi connectivity index (χ4n) is 2.40. The molecule has 6 heteroatoms. The molecule has 0 spiro atoms. The summed E-state index contributed by atoms with van der Waals surface area (Å²) in [6, 6.07) is 6.56. The Kier molecular flexibility index (Phi) is 4.70. The lowest BCUT2D eigenvalue weighted by molar-refractivity contribution is -0.383. The lowest BCUT2D eigenvalue weighted by atomic mass is 10.0. The van der Waals surface area contributed by atoms with Gasteiger partial charge in [-0.1, -0.05) is 26.0 Å². The van der Waals surface area contributed by atoms with Crippen LogP contribution < -0.4 is 5.32 Å². The Morgan fingerprint density at radius 2 is 2.14 bits per heavy atom. The van der Waals surface area contributed by atoms with Crippen molar-refractivity contribution in [1.29, 1.82) is 0 Å². The molecule has 2 rings (SSSR count). The second kappa shape index (κ2) is 6.49. The van der Waals surface area contributed by atoms with Gasteiger partial charge in [-0.25, -0.2) is 4.98 Å². The first-order valence-corrected chi connectivity index (χ1v) is 6.92. The largest absolute Gasteiger partial charge is 0.394 e. The molecule has 1 unspecified atom stereocenters. The van der Waals surface area contributed by atoms with Crippen LogP contribution in [0.2, 0.25) is 0 Å². The first-order chi connectivity index (χ1) is 10.0. The molecule has 0 aliphatic heterocycles. The van der Waals surface area contributed by atoms with Gasteiger partial charge < -0.3 is 10.4 Å². The van der Waals surface area contributed by atoms with Crippen LogP contribution in [-0.4, -0.2) is 27.7 Å². The van der Waals surface area contributed by atoms with E-state index in [9.17, 15) is 15.2 Å². The second-order valence-corrected chi connectivity index (χ2v) is 5.44. The normalized spacial score (nSPS) is 12.6. The minimum absolute atomic E-state index is 0.0108. The molecule has 0 bridgehead atoms. The molecule has 1 aromatic heterocycles. The van der Waals surface area contributed by atoms with Crippen molar-refractivity contribution in [2.45, 2.75) is 26.3 Å². The highest BCUT2D eigenvalue weighted by molar-refractivity contribution is 5.96. The van der Waals surface area contributed by atoms with Crippen LogP contribution in [-0.2, 0) is 0 Å². The predicted octanol–water partition coefficient (Wildman–Crippen LogP) is 2.96. The van der Waals surface area contributed by atoms with Crippen LogP contribution in [0.3, 0.4) is 0 Å². The van der Waals surface area contributed by atoms with Crippen molar-refractivity contribution < 1.29 is 10.0 Å².